The second-order valence-electron chi connectivity index (χ2n) is 2.94. The monoisotopic (exact) mass is 244 g/mol. The first-order chi connectivity index (χ1) is 7.54. The minimum absolute atomic E-state index is 0.00463. The van der Waals surface area contributed by atoms with Crippen LogP contribution >= 0.6 is 11.6 Å². The number of carbonyl (C=O) groups is 1. The zero-order chi connectivity index (χ0) is 12.1. The lowest BCUT2D eigenvalue weighted by molar-refractivity contribution is -0.384. The summed E-state index contributed by atoms with van der Waals surface area (Å²) in [5.41, 5.74) is 2.52. The number of nitrogens with zero attached hydrogens (tertiary/aromatic N) is 1. The fourth-order valence-electron chi connectivity index (χ4n) is 1.12. The molecule has 0 heterocycles. The Balaban J connectivity index is 2.83. The van der Waals surface area contributed by atoms with Gasteiger partial charge in [0.15, 0.2) is 0 Å². The van der Waals surface area contributed by atoms with Crippen molar-refractivity contribution in [2.75, 3.05) is 7.11 Å². The lowest BCUT2D eigenvalue weighted by Crippen LogP contribution is -2.23. The molecule has 7 heteroatoms. The van der Waals surface area contributed by atoms with E-state index in [-0.39, 0.29) is 23.0 Å². The number of nitro benzene ring substituents is 1. The maximum Gasteiger partial charge on any atom is 0.270 e. The fourth-order valence-corrected chi connectivity index (χ4v) is 1.36. The summed E-state index contributed by atoms with van der Waals surface area (Å²) in [5, 5.41) is 10.6. The summed E-state index contributed by atoms with van der Waals surface area (Å²) in [7, 11) is 1.31. The summed E-state index contributed by atoms with van der Waals surface area (Å²) in [4.78, 5) is 25.5. The summed E-state index contributed by atoms with van der Waals surface area (Å²) in [5.74, 6) is -0.377. The zero-order valence-electron chi connectivity index (χ0n) is 8.40. The molecule has 6 nitrogen and oxygen atoms in total. The summed E-state index contributed by atoms with van der Waals surface area (Å²) in [6, 6.07) is 3.94. The number of halogens is 1. The van der Waals surface area contributed by atoms with Crippen LogP contribution in [0.4, 0.5) is 5.69 Å². The number of hydroxylamine groups is 1. The molecule has 86 valence electrons. The molecule has 0 aliphatic carbocycles. The van der Waals surface area contributed by atoms with Crippen molar-refractivity contribution >= 4 is 23.2 Å². The molecule has 0 fully saturated rings. The van der Waals surface area contributed by atoms with Crippen molar-refractivity contribution < 1.29 is 14.6 Å². The highest BCUT2D eigenvalue weighted by molar-refractivity contribution is 6.31. The highest BCUT2D eigenvalue weighted by atomic mass is 35.5. The van der Waals surface area contributed by atoms with Gasteiger partial charge >= 0.3 is 0 Å². The molecule has 1 rings (SSSR count). The molecule has 0 unspecified atom stereocenters. The molecule has 0 spiro atoms. The first-order valence-electron chi connectivity index (χ1n) is 4.29. The molecule has 1 N–H and O–H groups in total. The van der Waals surface area contributed by atoms with Gasteiger partial charge in [-0.25, -0.2) is 5.48 Å². The van der Waals surface area contributed by atoms with Gasteiger partial charge in [-0.3, -0.25) is 19.7 Å². The Morgan fingerprint density at radius 1 is 1.62 bits per heavy atom. The van der Waals surface area contributed by atoms with Gasteiger partial charge in [0.1, 0.15) is 0 Å². The van der Waals surface area contributed by atoms with Crippen LogP contribution < -0.4 is 5.48 Å². The van der Waals surface area contributed by atoms with Gasteiger partial charge in [-0.05, 0) is 5.56 Å². The number of nitro groups is 1. The van der Waals surface area contributed by atoms with Gasteiger partial charge < -0.3 is 0 Å². The molecule has 0 bridgehead atoms. The molecule has 0 aromatic heterocycles. The Morgan fingerprint density at radius 2 is 2.31 bits per heavy atom. The van der Waals surface area contributed by atoms with Crippen LogP contribution in [-0.2, 0) is 16.1 Å². The average molecular weight is 245 g/mol. The molecule has 1 amide bonds. The number of hydrogen-bond donors (Lipinski definition) is 1. The number of non-ortho nitro benzene ring substituents is 1. The van der Waals surface area contributed by atoms with Crippen molar-refractivity contribution in [1.29, 1.82) is 0 Å². The number of amides is 1. The van der Waals surface area contributed by atoms with Crippen molar-refractivity contribution in [2.45, 2.75) is 6.42 Å². The van der Waals surface area contributed by atoms with Crippen LogP contribution in [0.5, 0.6) is 0 Å². The molecule has 0 radical (unpaired) electrons. The third-order valence-corrected chi connectivity index (χ3v) is 2.17. The third-order valence-electron chi connectivity index (χ3n) is 1.81. The summed E-state index contributed by atoms with van der Waals surface area (Å²) >= 11 is 5.79. The highest BCUT2D eigenvalue weighted by Gasteiger charge is 2.11. The largest absolute Gasteiger partial charge is 0.277 e. The first-order valence-corrected chi connectivity index (χ1v) is 4.67. The molecule has 0 atom stereocenters. The highest BCUT2D eigenvalue weighted by Crippen LogP contribution is 2.22. The Morgan fingerprint density at radius 3 is 2.81 bits per heavy atom. The quantitative estimate of drug-likeness (QED) is 0.642. The van der Waals surface area contributed by atoms with Gasteiger partial charge in [-0.1, -0.05) is 17.7 Å². The van der Waals surface area contributed by atoms with Crippen LogP contribution in [0.2, 0.25) is 5.02 Å². The average Bonchev–Trinajstić information content (AvgIpc) is 2.21. The number of rotatable bonds is 4. The molecule has 0 aliphatic rings. The minimum atomic E-state index is -0.551. The maximum absolute atomic E-state index is 11.2. The van der Waals surface area contributed by atoms with Crippen LogP contribution in [0.1, 0.15) is 5.56 Å². The summed E-state index contributed by atoms with van der Waals surface area (Å²) in [6.45, 7) is 0. The molecule has 16 heavy (non-hydrogen) atoms. The second kappa shape index (κ2) is 5.43. The number of carbonyl (C=O) groups excluding carboxylic acids is 1. The van der Waals surface area contributed by atoms with E-state index in [2.05, 4.69) is 10.3 Å². The summed E-state index contributed by atoms with van der Waals surface area (Å²) < 4.78 is 0. The predicted molar refractivity (Wildman–Crippen MR) is 57.0 cm³/mol. The van der Waals surface area contributed by atoms with Gasteiger partial charge in [0.05, 0.1) is 23.5 Å². The second-order valence-corrected chi connectivity index (χ2v) is 3.35. The van der Waals surface area contributed by atoms with Gasteiger partial charge in [-0.2, -0.15) is 0 Å². The fraction of sp³-hybridized carbons (Fsp3) is 0.222. The Bertz CT molecular complexity index is 422. The van der Waals surface area contributed by atoms with E-state index in [1.54, 1.807) is 0 Å². The van der Waals surface area contributed by atoms with Crippen molar-refractivity contribution in [3.05, 3.63) is 38.9 Å². The van der Waals surface area contributed by atoms with E-state index in [1.807, 2.05) is 0 Å². The van der Waals surface area contributed by atoms with E-state index in [1.165, 1.54) is 25.3 Å². The number of hydrogen-bond acceptors (Lipinski definition) is 4. The lowest BCUT2D eigenvalue weighted by atomic mass is 10.1. The van der Waals surface area contributed by atoms with Crippen molar-refractivity contribution in [1.82, 2.24) is 5.48 Å². The molecule has 0 aliphatic heterocycles. The predicted octanol–water partition coefficient (Wildman–Crippen LogP) is 1.47. The Labute approximate surface area is 96.3 Å². The minimum Gasteiger partial charge on any atom is -0.277 e. The molecule has 1 aromatic rings. The van der Waals surface area contributed by atoms with E-state index >= 15 is 0 Å². The van der Waals surface area contributed by atoms with Gasteiger partial charge in [-0.15, -0.1) is 0 Å². The Hall–Kier alpha value is -1.66. The normalized spacial score (nSPS) is 9.88. The molecular formula is C9H9ClN2O4. The molecule has 0 saturated heterocycles. The van der Waals surface area contributed by atoms with E-state index in [0.717, 1.165) is 0 Å². The van der Waals surface area contributed by atoms with Crippen LogP contribution in [0.3, 0.4) is 0 Å². The molecule has 0 saturated carbocycles. The standard InChI is InChI=1S/C9H9ClN2O4/c1-16-11-9(13)4-6-2-3-7(12(14)15)5-8(6)10/h2-3,5H,4H2,1H3,(H,11,13). The lowest BCUT2D eigenvalue weighted by Gasteiger charge is -2.04. The Kier molecular flexibility index (Phi) is 4.21. The van der Waals surface area contributed by atoms with Crippen LogP contribution in [0.25, 0.3) is 0 Å². The first kappa shape index (κ1) is 12.4. The van der Waals surface area contributed by atoms with Crippen LogP contribution in [0.15, 0.2) is 18.2 Å². The maximum atomic E-state index is 11.2. The van der Waals surface area contributed by atoms with Crippen molar-refractivity contribution in [2.24, 2.45) is 0 Å². The van der Waals surface area contributed by atoms with E-state index in [4.69, 9.17) is 11.6 Å². The molecule has 1 aromatic carbocycles. The number of nitrogens with one attached hydrogen (secondary N) is 1. The third kappa shape index (κ3) is 3.18. The van der Waals surface area contributed by atoms with Gasteiger partial charge in [0.2, 0.25) is 5.91 Å². The number of benzene rings is 1. The van der Waals surface area contributed by atoms with E-state index in [9.17, 15) is 14.9 Å². The van der Waals surface area contributed by atoms with Gasteiger partial charge in [0, 0.05) is 12.1 Å². The van der Waals surface area contributed by atoms with Gasteiger partial charge in [0.25, 0.3) is 5.69 Å². The zero-order valence-corrected chi connectivity index (χ0v) is 9.15. The smallest absolute Gasteiger partial charge is 0.270 e. The van der Waals surface area contributed by atoms with Crippen molar-refractivity contribution in [3.63, 3.8) is 0 Å². The van der Waals surface area contributed by atoms with Crippen LogP contribution in [0, 0.1) is 10.1 Å². The van der Waals surface area contributed by atoms with E-state index in [0.29, 0.717) is 5.56 Å². The SMILES string of the molecule is CONC(=O)Cc1ccc([N+](=O)[O-])cc1Cl. The molecular weight excluding hydrogens is 236 g/mol. The van der Waals surface area contributed by atoms with Crippen molar-refractivity contribution in [3.8, 4) is 0 Å². The topological polar surface area (TPSA) is 81.5 Å². The van der Waals surface area contributed by atoms with E-state index < -0.39 is 4.92 Å². The van der Waals surface area contributed by atoms with Crippen LogP contribution in [-0.4, -0.2) is 17.9 Å². The summed E-state index contributed by atoms with van der Waals surface area (Å²) in [6.07, 6.45) is 0.00463.